The first-order valence-electron chi connectivity index (χ1n) is 5.36. The van der Waals surface area contributed by atoms with Gasteiger partial charge in [-0.05, 0) is 55.4 Å². The van der Waals surface area contributed by atoms with Gasteiger partial charge in [0.25, 0.3) is 0 Å². The third-order valence-electron chi connectivity index (χ3n) is 4.54. The fourth-order valence-corrected chi connectivity index (χ4v) is 3.52. The van der Waals surface area contributed by atoms with Crippen molar-refractivity contribution in [2.75, 3.05) is 6.54 Å². The van der Waals surface area contributed by atoms with Crippen LogP contribution in [0.25, 0.3) is 0 Å². The Balaban J connectivity index is 0.000000845. The molecular formula is C11H22ClN. The van der Waals surface area contributed by atoms with Crippen molar-refractivity contribution >= 4 is 12.4 Å². The highest BCUT2D eigenvalue weighted by Crippen LogP contribution is 2.61. The van der Waals surface area contributed by atoms with Crippen LogP contribution in [-0.4, -0.2) is 6.54 Å². The smallest absolute Gasteiger partial charge is 0.00745 e. The Morgan fingerprint density at radius 2 is 2.00 bits per heavy atom. The molecule has 0 aromatic heterocycles. The maximum Gasteiger partial charge on any atom is -0.00745 e. The quantitative estimate of drug-likeness (QED) is 0.734. The summed E-state index contributed by atoms with van der Waals surface area (Å²) in [5.74, 6) is 2.99. The molecule has 3 rings (SSSR count). The molecule has 0 aromatic carbocycles. The van der Waals surface area contributed by atoms with Gasteiger partial charge in [0, 0.05) is 0 Å². The summed E-state index contributed by atoms with van der Waals surface area (Å²) >= 11 is 0. The van der Waals surface area contributed by atoms with Crippen molar-refractivity contribution in [1.29, 1.82) is 0 Å². The van der Waals surface area contributed by atoms with E-state index in [1.807, 2.05) is 0 Å². The predicted molar refractivity (Wildman–Crippen MR) is 59.0 cm³/mol. The summed E-state index contributed by atoms with van der Waals surface area (Å²) in [7, 11) is 0. The first kappa shape index (κ1) is 11.3. The Kier molecular flexibility index (Phi) is 3.29. The van der Waals surface area contributed by atoms with E-state index in [1.54, 1.807) is 0 Å². The molecule has 0 spiro atoms. The van der Waals surface area contributed by atoms with Crippen molar-refractivity contribution in [1.82, 2.24) is 0 Å². The first-order valence-corrected chi connectivity index (χ1v) is 5.36. The molecule has 13 heavy (non-hydrogen) atoms. The van der Waals surface area contributed by atoms with Crippen LogP contribution in [0, 0.1) is 23.2 Å². The molecule has 2 N–H and O–H groups in total. The minimum Gasteiger partial charge on any atom is -0.330 e. The zero-order valence-corrected chi connectivity index (χ0v) is 9.57. The summed E-state index contributed by atoms with van der Waals surface area (Å²) in [5, 5.41) is 0. The van der Waals surface area contributed by atoms with E-state index in [2.05, 4.69) is 13.8 Å². The first-order chi connectivity index (χ1) is 5.66. The summed E-state index contributed by atoms with van der Waals surface area (Å²) in [5.41, 5.74) is 6.28. The molecule has 78 valence electrons. The number of nitrogens with two attached hydrogens (primary N) is 1. The van der Waals surface area contributed by atoms with Crippen molar-refractivity contribution in [3.63, 3.8) is 0 Å². The summed E-state index contributed by atoms with van der Waals surface area (Å²) in [6.07, 6.45) is 5.68. The predicted octanol–water partition coefficient (Wildman–Crippen LogP) is 2.83. The van der Waals surface area contributed by atoms with Crippen LogP contribution in [-0.2, 0) is 0 Å². The Hall–Kier alpha value is 0.250. The highest BCUT2D eigenvalue weighted by atomic mass is 35.5. The van der Waals surface area contributed by atoms with E-state index in [-0.39, 0.29) is 12.4 Å². The molecule has 0 amide bonds. The number of rotatable bonds is 2. The molecule has 0 radical (unpaired) electrons. The minimum atomic E-state index is 0. The zero-order chi connectivity index (χ0) is 8.77. The van der Waals surface area contributed by atoms with Crippen LogP contribution < -0.4 is 5.73 Å². The molecule has 3 saturated carbocycles. The fraction of sp³-hybridized carbons (Fsp3) is 1.00. The number of fused-ring (bicyclic) bond motifs is 2. The van der Waals surface area contributed by atoms with Crippen LogP contribution in [0.3, 0.4) is 0 Å². The zero-order valence-electron chi connectivity index (χ0n) is 8.75. The van der Waals surface area contributed by atoms with Crippen LogP contribution in [0.2, 0.25) is 0 Å². The van der Waals surface area contributed by atoms with Gasteiger partial charge in [0.05, 0.1) is 0 Å². The number of halogens is 1. The minimum absolute atomic E-state index is 0. The maximum absolute atomic E-state index is 5.63. The third-order valence-corrected chi connectivity index (χ3v) is 4.54. The van der Waals surface area contributed by atoms with Crippen LogP contribution in [0.4, 0.5) is 0 Å². The van der Waals surface area contributed by atoms with E-state index in [0.29, 0.717) is 5.41 Å². The number of hydrogen-bond donors (Lipinski definition) is 1. The second kappa shape index (κ2) is 3.78. The number of hydrogen-bond acceptors (Lipinski definition) is 1. The van der Waals surface area contributed by atoms with Crippen molar-refractivity contribution in [3.05, 3.63) is 0 Å². The van der Waals surface area contributed by atoms with Gasteiger partial charge in [0.2, 0.25) is 0 Å². The van der Waals surface area contributed by atoms with Crippen molar-refractivity contribution < 1.29 is 0 Å². The molecule has 2 heteroatoms. The molecule has 0 aliphatic heterocycles. The van der Waals surface area contributed by atoms with Gasteiger partial charge >= 0.3 is 0 Å². The summed E-state index contributed by atoms with van der Waals surface area (Å²) in [6, 6.07) is 0. The van der Waals surface area contributed by atoms with Gasteiger partial charge in [-0.2, -0.15) is 0 Å². The van der Waals surface area contributed by atoms with Gasteiger partial charge in [-0.3, -0.25) is 0 Å². The van der Waals surface area contributed by atoms with E-state index in [4.69, 9.17) is 5.73 Å². The average Bonchev–Trinajstić information content (AvgIpc) is 2.05. The molecule has 3 atom stereocenters. The molecule has 0 aromatic rings. The normalized spacial score (nSPS) is 40.4. The van der Waals surface area contributed by atoms with Gasteiger partial charge in [0.1, 0.15) is 0 Å². The lowest BCUT2D eigenvalue weighted by molar-refractivity contribution is -0.106. The van der Waals surface area contributed by atoms with E-state index < -0.39 is 0 Å². The summed E-state index contributed by atoms with van der Waals surface area (Å²) in [6.45, 7) is 5.80. The topological polar surface area (TPSA) is 26.0 Å². The Labute approximate surface area is 87.9 Å². The Morgan fingerprint density at radius 1 is 1.31 bits per heavy atom. The molecule has 1 nitrogen and oxygen atoms in total. The van der Waals surface area contributed by atoms with Crippen LogP contribution >= 0.6 is 12.4 Å². The van der Waals surface area contributed by atoms with E-state index in [0.717, 1.165) is 24.3 Å². The summed E-state index contributed by atoms with van der Waals surface area (Å²) in [4.78, 5) is 0. The van der Waals surface area contributed by atoms with Crippen LogP contribution in [0.5, 0.6) is 0 Å². The van der Waals surface area contributed by atoms with E-state index in [9.17, 15) is 0 Å². The lowest BCUT2D eigenvalue weighted by atomic mass is 9.45. The monoisotopic (exact) mass is 203 g/mol. The van der Waals surface area contributed by atoms with Crippen LogP contribution in [0.15, 0.2) is 0 Å². The van der Waals surface area contributed by atoms with Gasteiger partial charge in [-0.1, -0.05) is 13.8 Å². The molecule has 0 unspecified atom stereocenters. The van der Waals surface area contributed by atoms with Crippen molar-refractivity contribution in [3.8, 4) is 0 Å². The molecular weight excluding hydrogens is 182 g/mol. The Morgan fingerprint density at radius 3 is 2.46 bits per heavy atom. The third kappa shape index (κ3) is 1.61. The molecule has 2 bridgehead atoms. The molecule has 0 saturated heterocycles. The fourth-order valence-electron chi connectivity index (χ4n) is 3.52. The Bertz CT molecular complexity index is 175. The van der Waals surface area contributed by atoms with E-state index in [1.165, 1.54) is 25.7 Å². The lowest BCUT2D eigenvalue weighted by Gasteiger charge is -2.60. The van der Waals surface area contributed by atoms with Gasteiger partial charge in [-0.25, -0.2) is 0 Å². The highest BCUT2D eigenvalue weighted by Gasteiger charge is 2.53. The highest BCUT2D eigenvalue weighted by molar-refractivity contribution is 5.85. The van der Waals surface area contributed by atoms with Gasteiger partial charge in [0.15, 0.2) is 0 Å². The molecule has 3 aliphatic rings. The lowest BCUT2D eigenvalue weighted by Crippen LogP contribution is -2.52. The average molecular weight is 204 g/mol. The van der Waals surface area contributed by atoms with Crippen molar-refractivity contribution in [2.45, 2.75) is 39.5 Å². The summed E-state index contributed by atoms with van der Waals surface area (Å²) < 4.78 is 0. The SMILES string of the molecule is CC1(C)[C@H]2CC[C@@H](CCN)[C@@H]1C2.Cl. The van der Waals surface area contributed by atoms with Crippen LogP contribution in [0.1, 0.15) is 39.5 Å². The maximum atomic E-state index is 5.63. The molecule has 0 heterocycles. The second-order valence-electron chi connectivity index (χ2n) is 5.28. The van der Waals surface area contributed by atoms with Gasteiger partial charge < -0.3 is 5.73 Å². The van der Waals surface area contributed by atoms with Gasteiger partial charge in [-0.15, -0.1) is 12.4 Å². The molecule has 3 fully saturated rings. The standard InChI is InChI=1S/C11H21N.ClH/c1-11(2)9-4-3-8(5-6-12)10(11)7-9;/h8-10H,3-7,12H2,1-2H3;1H/t8-,9-,10-;/m0./s1. The largest absolute Gasteiger partial charge is 0.330 e. The second-order valence-corrected chi connectivity index (χ2v) is 5.28. The van der Waals surface area contributed by atoms with E-state index >= 15 is 0 Å². The molecule has 3 aliphatic carbocycles. The van der Waals surface area contributed by atoms with Crippen molar-refractivity contribution in [2.24, 2.45) is 28.9 Å².